The van der Waals surface area contributed by atoms with Gasteiger partial charge in [0.25, 0.3) is 0 Å². The molecule has 0 unspecified atom stereocenters. The highest BCUT2D eigenvalue weighted by Crippen LogP contribution is 2.37. The first-order valence-electron chi connectivity index (χ1n) is 10.9. The van der Waals surface area contributed by atoms with Crippen molar-refractivity contribution in [1.82, 2.24) is 10.2 Å². The molecule has 2 fully saturated rings. The quantitative estimate of drug-likeness (QED) is 0.546. The van der Waals surface area contributed by atoms with Crippen LogP contribution in [0.1, 0.15) is 39.5 Å². The van der Waals surface area contributed by atoms with Crippen LogP contribution in [-0.4, -0.2) is 61.3 Å². The molecular weight excluding hydrogens is 511 g/mol. The van der Waals surface area contributed by atoms with Gasteiger partial charge in [-0.1, -0.05) is 25.4 Å². The number of halogens is 4. The van der Waals surface area contributed by atoms with Crippen LogP contribution in [0.5, 0.6) is 5.75 Å². The summed E-state index contributed by atoms with van der Waals surface area (Å²) in [5, 5.41) is 10.4. The number of nitrogens with zero attached hydrogens (tertiary/aromatic N) is 2. The molecule has 1 N–H and O–H groups in total. The smallest absolute Gasteiger partial charge is 0.422 e. The molecule has 0 spiro atoms. The molecule has 1 aromatic rings. The summed E-state index contributed by atoms with van der Waals surface area (Å²) in [6.45, 7) is 1.81. The fraction of sp³-hybridized carbons (Fsp3) is 0.591. The lowest BCUT2D eigenvalue weighted by Crippen LogP contribution is -2.49. The third kappa shape index (κ3) is 6.38. The Balaban J connectivity index is 1.84. The molecule has 1 heterocycles. The second-order valence-electron chi connectivity index (χ2n) is 9.24. The molecule has 1 aliphatic heterocycles. The summed E-state index contributed by atoms with van der Waals surface area (Å²) in [7, 11) is -4.17. The molecule has 192 valence electrons. The lowest BCUT2D eigenvalue weighted by Gasteiger charge is -2.25. The van der Waals surface area contributed by atoms with E-state index >= 15 is 0 Å². The summed E-state index contributed by atoms with van der Waals surface area (Å²) >= 11 is 6.09. The van der Waals surface area contributed by atoms with Crippen LogP contribution in [-0.2, 0) is 19.4 Å². The minimum absolute atomic E-state index is 0.0329. The van der Waals surface area contributed by atoms with Crippen LogP contribution in [0.2, 0.25) is 5.02 Å². The largest absolute Gasteiger partial charge is 0.484 e. The van der Waals surface area contributed by atoms with E-state index in [1.54, 1.807) is 0 Å². The van der Waals surface area contributed by atoms with E-state index < -0.39 is 45.4 Å². The van der Waals surface area contributed by atoms with Gasteiger partial charge >= 0.3 is 6.18 Å². The lowest BCUT2D eigenvalue weighted by atomic mass is 10.1. The van der Waals surface area contributed by atoms with E-state index in [-0.39, 0.29) is 46.9 Å². The van der Waals surface area contributed by atoms with Crippen LogP contribution in [0, 0.1) is 17.2 Å². The van der Waals surface area contributed by atoms with E-state index in [0.29, 0.717) is 12.8 Å². The number of likely N-dealkylation sites (tertiary alicyclic amines) is 1. The molecule has 0 radical (unpaired) electrons. The maximum absolute atomic E-state index is 13.4. The van der Waals surface area contributed by atoms with Crippen molar-refractivity contribution in [2.45, 2.75) is 67.4 Å². The first-order valence-corrected chi connectivity index (χ1v) is 12.9. The molecule has 3 rings (SSSR count). The molecule has 8 nitrogen and oxygen atoms in total. The van der Waals surface area contributed by atoms with Crippen LogP contribution in [0.25, 0.3) is 0 Å². The Hall–Kier alpha value is -2.52. The first-order chi connectivity index (χ1) is 16.2. The summed E-state index contributed by atoms with van der Waals surface area (Å²) in [4.78, 5) is 26.7. The second-order valence-corrected chi connectivity index (χ2v) is 11.8. The number of nitrogens with one attached hydrogen (secondary N) is 1. The number of sulfone groups is 1. The number of carbonyl (C=O) groups is 2. The van der Waals surface area contributed by atoms with E-state index in [1.165, 1.54) is 4.90 Å². The van der Waals surface area contributed by atoms with E-state index in [9.17, 15) is 36.4 Å². The van der Waals surface area contributed by atoms with Crippen molar-refractivity contribution in [2.75, 3.05) is 13.2 Å². The summed E-state index contributed by atoms with van der Waals surface area (Å²) in [5.41, 5.74) is -0.990. The predicted octanol–water partition coefficient (Wildman–Crippen LogP) is 3.24. The monoisotopic (exact) mass is 535 g/mol. The Morgan fingerprint density at radius 3 is 2.51 bits per heavy atom. The number of alkyl halides is 3. The molecular formula is C22H25ClF3N3O5S. The molecule has 1 aliphatic carbocycles. The fourth-order valence-electron chi connectivity index (χ4n) is 3.87. The zero-order valence-corrected chi connectivity index (χ0v) is 20.6. The summed E-state index contributed by atoms with van der Waals surface area (Å²) < 4.78 is 68.5. The van der Waals surface area contributed by atoms with Gasteiger partial charge < -0.3 is 15.0 Å². The molecule has 0 bridgehead atoms. The predicted molar refractivity (Wildman–Crippen MR) is 119 cm³/mol. The number of hydrogen-bond donors (Lipinski definition) is 1. The minimum Gasteiger partial charge on any atom is -0.484 e. The van der Waals surface area contributed by atoms with Crippen LogP contribution < -0.4 is 10.1 Å². The van der Waals surface area contributed by atoms with E-state index in [0.717, 1.165) is 18.2 Å². The molecule has 13 heteroatoms. The number of ether oxygens (including phenoxy) is 1. The van der Waals surface area contributed by atoms with Crippen molar-refractivity contribution >= 4 is 33.3 Å². The number of nitriles is 1. The highest BCUT2D eigenvalue weighted by Gasteiger charge is 2.50. The Morgan fingerprint density at radius 2 is 2.00 bits per heavy atom. The van der Waals surface area contributed by atoms with Crippen molar-refractivity contribution in [3.8, 4) is 11.8 Å². The van der Waals surface area contributed by atoms with Gasteiger partial charge in [-0.15, -0.1) is 0 Å². The van der Waals surface area contributed by atoms with E-state index in [2.05, 4.69) is 10.1 Å². The normalized spacial score (nSPS) is 21.5. The Bertz CT molecular complexity index is 1150. The molecule has 0 aromatic heterocycles. The molecule has 1 saturated carbocycles. The van der Waals surface area contributed by atoms with Crippen LogP contribution in [0.4, 0.5) is 13.2 Å². The van der Waals surface area contributed by atoms with E-state index in [1.807, 2.05) is 19.9 Å². The van der Waals surface area contributed by atoms with Crippen LogP contribution in [0.3, 0.4) is 0 Å². The van der Waals surface area contributed by atoms with Crippen LogP contribution in [0.15, 0.2) is 23.1 Å². The van der Waals surface area contributed by atoms with Gasteiger partial charge in [0.05, 0.1) is 21.2 Å². The van der Waals surface area contributed by atoms with Gasteiger partial charge in [0.2, 0.25) is 11.8 Å². The van der Waals surface area contributed by atoms with Crippen molar-refractivity contribution in [3.63, 3.8) is 0 Å². The van der Waals surface area contributed by atoms with Crippen molar-refractivity contribution in [3.05, 3.63) is 23.2 Å². The SMILES string of the molecule is CC(C)CC(=O)N1C[C@H](S(=O)(=O)c2ccc(OCC(F)(F)F)cc2Cl)C[C@H]1C(=O)NC1(C#N)CC1. The average Bonchev–Trinajstić information content (AvgIpc) is 3.35. The molecule has 1 saturated heterocycles. The van der Waals surface area contributed by atoms with Crippen LogP contribution >= 0.6 is 11.6 Å². The fourth-order valence-corrected chi connectivity index (χ4v) is 6.10. The Labute approximate surface area is 206 Å². The highest BCUT2D eigenvalue weighted by atomic mass is 35.5. The van der Waals surface area contributed by atoms with Gasteiger partial charge in [-0.05, 0) is 37.3 Å². The molecule has 2 aliphatic rings. The first kappa shape index (κ1) is 27.1. The molecule has 35 heavy (non-hydrogen) atoms. The minimum atomic E-state index is -4.58. The highest BCUT2D eigenvalue weighted by molar-refractivity contribution is 7.92. The average molecular weight is 536 g/mol. The topological polar surface area (TPSA) is 117 Å². The summed E-state index contributed by atoms with van der Waals surface area (Å²) in [5.74, 6) is -1.27. The van der Waals surface area contributed by atoms with Crippen molar-refractivity contribution < 1.29 is 35.9 Å². The van der Waals surface area contributed by atoms with Gasteiger partial charge in [0, 0.05) is 19.0 Å². The van der Waals surface area contributed by atoms with Gasteiger partial charge in [-0.2, -0.15) is 18.4 Å². The molecule has 1 aromatic carbocycles. The Morgan fingerprint density at radius 1 is 1.34 bits per heavy atom. The standard InChI is InChI=1S/C22H25ClF3N3O5S/c1-13(2)7-19(30)29-10-15(9-17(29)20(31)28-21(11-27)5-6-21)35(32,33)18-4-3-14(8-16(18)23)34-12-22(24,25)26/h3-4,8,13,15,17H,5-7,9-10,12H2,1-2H3,(H,28,31)/t15-,17+/m1/s1. The van der Waals surface area contributed by atoms with Crippen molar-refractivity contribution in [2.24, 2.45) is 5.92 Å². The number of benzene rings is 1. The van der Waals surface area contributed by atoms with Crippen molar-refractivity contribution in [1.29, 1.82) is 5.26 Å². The molecule has 2 atom stereocenters. The number of amides is 2. The second kappa shape index (κ2) is 9.85. The summed E-state index contributed by atoms with van der Waals surface area (Å²) in [6.07, 6.45) is -3.73. The van der Waals surface area contributed by atoms with Gasteiger partial charge in [0.15, 0.2) is 16.4 Å². The van der Waals surface area contributed by atoms with Gasteiger partial charge in [-0.25, -0.2) is 8.42 Å². The van der Waals surface area contributed by atoms with Gasteiger partial charge in [0.1, 0.15) is 17.3 Å². The molecule has 2 amide bonds. The van der Waals surface area contributed by atoms with E-state index in [4.69, 9.17) is 11.6 Å². The maximum atomic E-state index is 13.4. The number of rotatable bonds is 8. The number of hydrogen-bond acceptors (Lipinski definition) is 6. The zero-order chi connectivity index (χ0) is 26.2. The van der Waals surface area contributed by atoms with Gasteiger partial charge in [-0.3, -0.25) is 9.59 Å². The maximum Gasteiger partial charge on any atom is 0.422 e. The summed E-state index contributed by atoms with van der Waals surface area (Å²) in [6, 6.07) is 4.04. The third-order valence-electron chi connectivity index (χ3n) is 5.85. The number of carbonyl (C=O) groups excluding carboxylic acids is 2. The lowest BCUT2D eigenvalue weighted by molar-refractivity contribution is -0.153. The Kier molecular flexibility index (Phi) is 7.62. The third-order valence-corrected chi connectivity index (χ3v) is 8.46. The zero-order valence-electron chi connectivity index (χ0n) is 19.1.